The number of fused-ring (bicyclic) bond motifs is 1. The van der Waals surface area contributed by atoms with Crippen LogP contribution in [0.3, 0.4) is 0 Å². The van der Waals surface area contributed by atoms with Gasteiger partial charge in [0, 0.05) is 11.2 Å². The minimum Gasteiger partial charge on any atom is -0.350 e. The molecule has 2 aromatic heterocycles. The average molecular weight is 308 g/mol. The maximum atomic E-state index is 4.57. The molecule has 0 saturated carbocycles. The van der Waals surface area contributed by atoms with Gasteiger partial charge < -0.3 is 10.6 Å². The minimum absolute atomic E-state index is 0.118. The SMILES string of the molecule is Cc1cccc(Nc2ncnc3cnc(NC(C)(C)C)nc23)c1. The smallest absolute Gasteiger partial charge is 0.223 e. The fourth-order valence-corrected chi connectivity index (χ4v) is 2.20. The van der Waals surface area contributed by atoms with Crippen LogP contribution in [0, 0.1) is 6.92 Å². The quantitative estimate of drug-likeness (QED) is 0.768. The van der Waals surface area contributed by atoms with Crippen LogP contribution in [-0.4, -0.2) is 25.5 Å². The van der Waals surface area contributed by atoms with E-state index in [0.717, 1.165) is 5.69 Å². The van der Waals surface area contributed by atoms with Crippen molar-refractivity contribution in [1.82, 2.24) is 19.9 Å². The molecule has 0 aliphatic carbocycles. The molecule has 0 bridgehead atoms. The molecular formula is C17H20N6. The summed E-state index contributed by atoms with van der Waals surface area (Å²) in [6.07, 6.45) is 3.22. The lowest BCUT2D eigenvalue weighted by atomic mass is 10.1. The number of aryl methyl sites for hydroxylation is 1. The first-order valence-corrected chi connectivity index (χ1v) is 7.50. The number of nitrogens with zero attached hydrogens (tertiary/aromatic N) is 4. The molecular weight excluding hydrogens is 288 g/mol. The summed E-state index contributed by atoms with van der Waals surface area (Å²) < 4.78 is 0. The van der Waals surface area contributed by atoms with Crippen molar-refractivity contribution >= 4 is 28.5 Å². The summed E-state index contributed by atoms with van der Waals surface area (Å²) in [5, 5.41) is 6.58. The first kappa shape index (κ1) is 15.1. The molecule has 0 unspecified atom stereocenters. The van der Waals surface area contributed by atoms with Gasteiger partial charge in [-0.1, -0.05) is 12.1 Å². The van der Waals surface area contributed by atoms with Crippen LogP contribution in [0.25, 0.3) is 11.0 Å². The summed E-state index contributed by atoms with van der Waals surface area (Å²) >= 11 is 0. The second-order valence-corrected chi connectivity index (χ2v) is 6.52. The van der Waals surface area contributed by atoms with Gasteiger partial charge in [0.05, 0.1) is 6.20 Å². The van der Waals surface area contributed by atoms with E-state index in [-0.39, 0.29) is 5.54 Å². The van der Waals surface area contributed by atoms with E-state index in [4.69, 9.17) is 0 Å². The number of aromatic nitrogens is 4. The maximum Gasteiger partial charge on any atom is 0.223 e. The van der Waals surface area contributed by atoms with Crippen LogP contribution in [0.4, 0.5) is 17.5 Å². The zero-order valence-corrected chi connectivity index (χ0v) is 13.8. The lowest BCUT2D eigenvalue weighted by Crippen LogP contribution is -2.27. The highest BCUT2D eigenvalue weighted by Crippen LogP contribution is 2.23. The number of nitrogens with one attached hydrogen (secondary N) is 2. The largest absolute Gasteiger partial charge is 0.350 e. The van der Waals surface area contributed by atoms with Crippen molar-refractivity contribution in [2.45, 2.75) is 33.2 Å². The molecule has 0 spiro atoms. The Bertz CT molecular complexity index is 838. The molecule has 6 heteroatoms. The second kappa shape index (κ2) is 5.79. The summed E-state index contributed by atoms with van der Waals surface area (Å²) in [6, 6.07) is 8.11. The highest BCUT2D eigenvalue weighted by Gasteiger charge is 2.13. The summed E-state index contributed by atoms with van der Waals surface area (Å²) in [7, 11) is 0. The molecule has 3 aromatic rings. The van der Waals surface area contributed by atoms with Crippen molar-refractivity contribution < 1.29 is 0 Å². The predicted octanol–water partition coefficient (Wildman–Crippen LogP) is 3.68. The monoisotopic (exact) mass is 308 g/mol. The van der Waals surface area contributed by atoms with Crippen LogP contribution in [0.5, 0.6) is 0 Å². The Balaban J connectivity index is 2.00. The number of hydrogen-bond donors (Lipinski definition) is 2. The van der Waals surface area contributed by atoms with E-state index in [1.54, 1.807) is 6.20 Å². The standard InChI is InChI=1S/C17H20N6/c1-11-6-5-7-12(8-11)21-15-14-13(19-10-20-15)9-18-16(22-14)23-17(2,3)4/h5-10H,1-4H3,(H,18,22,23)(H,19,20,21). The van der Waals surface area contributed by atoms with Crippen molar-refractivity contribution in [2.75, 3.05) is 10.6 Å². The normalized spacial score (nSPS) is 11.5. The Morgan fingerprint density at radius 1 is 1.04 bits per heavy atom. The lowest BCUT2D eigenvalue weighted by molar-refractivity contribution is 0.626. The molecule has 0 atom stereocenters. The fraction of sp³-hybridized carbons (Fsp3) is 0.294. The molecule has 6 nitrogen and oxygen atoms in total. The van der Waals surface area contributed by atoms with Crippen LogP contribution in [0.2, 0.25) is 0 Å². The Morgan fingerprint density at radius 2 is 1.87 bits per heavy atom. The van der Waals surface area contributed by atoms with Crippen molar-refractivity contribution in [3.8, 4) is 0 Å². The first-order valence-electron chi connectivity index (χ1n) is 7.50. The maximum absolute atomic E-state index is 4.57. The topological polar surface area (TPSA) is 75.6 Å². The number of anilines is 3. The zero-order valence-electron chi connectivity index (χ0n) is 13.8. The van der Waals surface area contributed by atoms with Crippen LogP contribution < -0.4 is 10.6 Å². The minimum atomic E-state index is -0.118. The number of rotatable bonds is 3. The van der Waals surface area contributed by atoms with Crippen molar-refractivity contribution in [3.63, 3.8) is 0 Å². The number of hydrogen-bond acceptors (Lipinski definition) is 6. The van der Waals surface area contributed by atoms with Gasteiger partial charge in [0.25, 0.3) is 0 Å². The molecule has 1 aromatic carbocycles. The van der Waals surface area contributed by atoms with E-state index in [1.807, 2.05) is 12.1 Å². The van der Waals surface area contributed by atoms with Crippen LogP contribution in [0.15, 0.2) is 36.8 Å². The summed E-state index contributed by atoms with van der Waals surface area (Å²) in [5.41, 5.74) is 3.42. The molecule has 0 aliphatic rings. The highest BCUT2D eigenvalue weighted by atomic mass is 15.1. The van der Waals surface area contributed by atoms with Gasteiger partial charge in [0.1, 0.15) is 17.4 Å². The van der Waals surface area contributed by atoms with Gasteiger partial charge in [-0.3, -0.25) is 0 Å². The Morgan fingerprint density at radius 3 is 2.61 bits per heavy atom. The predicted molar refractivity (Wildman–Crippen MR) is 93.0 cm³/mol. The Labute approximate surface area is 135 Å². The van der Waals surface area contributed by atoms with Crippen molar-refractivity contribution in [2.24, 2.45) is 0 Å². The van der Waals surface area contributed by atoms with E-state index in [0.29, 0.717) is 22.8 Å². The van der Waals surface area contributed by atoms with Crippen LogP contribution in [0.1, 0.15) is 26.3 Å². The molecule has 3 rings (SSSR count). The summed E-state index contributed by atoms with van der Waals surface area (Å²) in [5.74, 6) is 1.23. The Hall–Kier alpha value is -2.76. The van der Waals surface area contributed by atoms with E-state index >= 15 is 0 Å². The van der Waals surface area contributed by atoms with Crippen molar-refractivity contribution in [1.29, 1.82) is 0 Å². The van der Waals surface area contributed by atoms with Gasteiger partial charge in [-0.15, -0.1) is 0 Å². The van der Waals surface area contributed by atoms with Crippen LogP contribution >= 0.6 is 0 Å². The Kier molecular flexibility index (Phi) is 3.82. The second-order valence-electron chi connectivity index (χ2n) is 6.52. The third-order valence-corrected chi connectivity index (χ3v) is 3.15. The third kappa shape index (κ3) is 3.71. The average Bonchev–Trinajstić information content (AvgIpc) is 2.46. The molecule has 0 saturated heterocycles. The lowest BCUT2D eigenvalue weighted by Gasteiger charge is -2.20. The molecule has 2 N–H and O–H groups in total. The summed E-state index contributed by atoms with van der Waals surface area (Å²) in [6.45, 7) is 8.24. The van der Waals surface area contributed by atoms with E-state index in [2.05, 4.69) is 70.4 Å². The zero-order chi connectivity index (χ0) is 16.4. The molecule has 118 valence electrons. The number of benzene rings is 1. The van der Waals surface area contributed by atoms with Gasteiger partial charge in [-0.05, 0) is 45.4 Å². The van der Waals surface area contributed by atoms with E-state index in [9.17, 15) is 0 Å². The highest BCUT2D eigenvalue weighted by molar-refractivity contribution is 5.87. The third-order valence-electron chi connectivity index (χ3n) is 3.15. The van der Waals surface area contributed by atoms with Gasteiger partial charge in [0.2, 0.25) is 5.95 Å². The van der Waals surface area contributed by atoms with Crippen molar-refractivity contribution in [3.05, 3.63) is 42.4 Å². The van der Waals surface area contributed by atoms with Gasteiger partial charge in [0.15, 0.2) is 5.82 Å². The van der Waals surface area contributed by atoms with Crippen LogP contribution in [-0.2, 0) is 0 Å². The molecule has 2 heterocycles. The first-order chi connectivity index (χ1) is 10.9. The van der Waals surface area contributed by atoms with E-state index < -0.39 is 0 Å². The summed E-state index contributed by atoms with van der Waals surface area (Å²) in [4.78, 5) is 17.4. The molecule has 0 amide bonds. The molecule has 0 radical (unpaired) electrons. The van der Waals surface area contributed by atoms with Gasteiger partial charge >= 0.3 is 0 Å². The van der Waals surface area contributed by atoms with Gasteiger partial charge in [-0.2, -0.15) is 0 Å². The molecule has 0 aliphatic heterocycles. The fourth-order valence-electron chi connectivity index (χ4n) is 2.20. The van der Waals surface area contributed by atoms with Gasteiger partial charge in [-0.25, -0.2) is 19.9 Å². The van der Waals surface area contributed by atoms with E-state index in [1.165, 1.54) is 11.9 Å². The molecule has 0 fully saturated rings. The molecule has 23 heavy (non-hydrogen) atoms.